The first kappa shape index (κ1) is 12.0. The van der Waals surface area contributed by atoms with Crippen molar-refractivity contribution in [2.24, 2.45) is 0 Å². The number of carboxylic acid groups (broad SMARTS) is 1. The fourth-order valence-corrected chi connectivity index (χ4v) is 1.42. The molecule has 0 aliphatic rings. The zero-order valence-electron chi connectivity index (χ0n) is 8.20. The number of carboxylic acids is 1. The third-order valence-electron chi connectivity index (χ3n) is 1.72. The SMILES string of the molecule is COCCOc1ccc(Br)c(C(=O)O)c1. The van der Waals surface area contributed by atoms with Crippen LogP contribution in [-0.4, -0.2) is 31.4 Å². The summed E-state index contributed by atoms with van der Waals surface area (Å²) >= 11 is 3.15. The molecule has 15 heavy (non-hydrogen) atoms. The molecular weight excluding hydrogens is 264 g/mol. The molecule has 1 aromatic rings. The number of hydrogen-bond donors (Lipinski definition) is 1. The van der Waals surface area contributed by atoms with E-state index in [2.05, 4.69) is 15.9 Å². The normalized spacial score (nSPS) is 10.0. The van der Waals surface area contributed by atoms with Crippen LogP contribution in [0.4, 0.5) is 0 Å². The molecule has 4 nitrogen and oxygen atoms in total. The molecule has 1 N–H and O–H groups in total. The van der Waals surface area contributed by atoms with Gasteiger partial charge in [0.15, 0.2) is 0 Å². The van der Waals surface area contributed by atoms with Crippen molar-refractivity contribution >= 4 is 21.9 Å². The van der Waals surface area contributed by atoms with Gasteiger partial charge in [-0.25, -0.2) is 4.79 Å². The maximum atomic E-state index is 10.8. The first-order chi connectivity index (χ1) is 7.15. The molecule has 0 amide bonds. The van der Waals surface area contributed by atoms with Crippen LogP contribution in [0.1, 0.15) is 10.4 Å². The van der Waals surface area contributed by atoms with Gasteiger partial charge in [-0.15, -0.1) is 0 Å². The molecule has 0 unspecified atom stereocenters. The highest BCUT2D eigenvalue weighted by molar-refractivity contribution is 9.10. The van der Waals surface area contributed by atoms with Crippen LogP contribution < -0.4 is 4.74 Å². The molecule has 0 saturated carbocycles. The zero-order chi connectivity index (χ0) is 11.3. The van der Waals surface area contributed by atoms with Crippen molar-refractivity contribution < 1.29 is 19.4 Å². The minimum absolute atomic E-state index is 0.185. The van der Waals surface area contributed by atoms with Crippen LogP contribution in [-0.2, 0) is 4.74 Å². The van der Waals surface area contributed by atoms with Crippen molar-refractivity contribution in [2.45, 2.75) is 0 Å². The topological polar surface area (TPSA) is 55.8 Å². The largest absolute Gasteiger partial charge is 0.491 e. The molecule has 0 fully saturated rings. The van der Waals surface area contributed by atoms with E-state index in [4.69, 9.17) is 14.6 Å². The second-order valence-corrected chi connectivity index (χ2v) is 3.64. The first-order valence-corrected chi connectivity index (χ1v) is 5.09. The van der Waals surface area contributed by atoms with E-state index in [0.29, 0.717) is 23.4 Å². The number of rotatable bonds is 5. The summed E-state index contributed by atoms with van der Waals surface area (Å²) in [5.74, 6) is -0.466. The van der Waals surface area contributed by atoms with E-state index < -0.39 is 5.97 Å². The highest BCUT2D eigenvalue weighted by atomic mass is 79.9. The van der Waals surface area contributed by atoms with Crippen molar-refractivity contribution in [1.29, 1.82) is 0 Å². The van der Waals surface area contributed by atoms with E-state index >= 15 is 0 Å². The summed E-state index contributed by atoms with van der Waals surface area (Å²) in [6, 6.07) is 4.82. The van der Waals surface area contributed by atoms with Crippen LogP contribution in [0.15, 0.2) is 22.7 Å². The van der Waals surface area contributed by atoms with Crippen LogP contribution in [0.3, 0.4) is 0 Å². The molecule has 1 aromatic carbocycles. The lowest BCUT2D eigenvalue weighted by Crippen LogP contribution is -2.05. The Labute approximate surface area is 95.9 Å². The first-order valence-electron chi connectivity index (χ1n) is 4.29. The van der Waals surface area contributed by atoms with E-state index in [0.717, 1.165) is 0 Å². The number of halogens is 1. The minimum Gasteiger partial charge on any atom is -0.491 e. The van der Waals surface area contributed by atoms with Gasteiger partial charge >= 0.3 is 5.97 Å². The molecule has 0 saturated heterocycles. The Morgan fingerprint density at radius 2 is 2.20 bits per heavy atom. The predicted octanol–water partition coefficient (Wildman–Crippen LogP) is 2.17. The van der Waals surface area contributed by atoms with Gasteiger partial charge in [0, 0.05) is 11.6 Å². The Morgan fingerprint density at radius 3 is 2.80 bits per heavy atom. The average Bonchev–Trinajstić information content (AvgIpc) is 2.20. The van der Waals surface area contributed by atoms with E-state index in [1.165, 1.54) is 6.07 Å². The molecule has 0 aliphatic carbocycles. The monoisotopic (exact) mass is 274 g/mol. The maximum Gasteiger partial charge on any atom is 0.336 e. The van der Waals surface area contributed by atoms with Crippen molar-refractivity contribution in [2.75, 3.05) is 20.3 Å². The Morgan fingerprint density at radius 1 is 1.47 bits per heavy atom. The molecule has 0 atom stereocenters. The Bertz CT molecular complexity index is 351. The summed E-state index contributed by atoms with van der Waals surface area (Å²) < 4.78 is 10.6. The second-order valence-electron chi connectivity index (χ2n) is 2.79. The zero-order valence-corrected chi connectivity index (χ0v) is 9.78. The van der Waals surface area contributed by atoms with Gasteiger partial charge in [0.2, 0.25) is 0 Å². The van der Waals surface area contributed by atoms with Crippen molar-refractivity contribution in [3.05, 3.63) is 28.2 Å². The Hall–Kier alpha value is -1.07. The third kappa shape index (κ3) is 3.53. The van der Waals surface area contributed by atoms with E-state index in [1.54, 1.807) is 19.2 Å². The standard InChI is InChI=1S/C10H11BrO4/c1-14-4-5-15-7-2-3-9(11)8(6-7)10(12)13/h2-3,6H,4-5H2,1H3,(H,12,13). The van der Waals surface area contributed by atoms with Crippen LogP contribution in [0, 0.1) is 0 Å². The molecule has 5 heteroatoms. The van der Waals surface area contributed by atoms with Crippen LogP contribution >= 0.6 is 15.9 Å². The summed E-state index contributed by atoms with van der Waals surface area (Å²) in [4.78, 5) is 10.8. The molecule has 82 valence electrons. The van der Waals surface area contributed by atoms with Crippen molar-refractivity contribution in [3.8, 4) is 5.75 Å². The van der Waals surface area contributed by atoms with Gasteiger partial charge in [0.05, 0.1) is 12.2 Å². The van der Waals surface area contributed by atoms with Crippen molar-refractivity contribution in [3.63, 3.8) is 0 Å². The fraction of sp³-hybridized carbons (Fsp3) is 0.300. The van der Waals surface area contributed by atoms with Gasteiger partial charge in [-0.1, -0.05) is 0 Å². The molecule has 0 radical (unpaired) electrons. The number of hydrogen-bond acceptors (Lipinski definition) is 3. The lowest BCUT2D eigenvalue weighted by molar-refractivity contribution is 0.0695. The average molecular weight is 275 g/mol. The predicted molar refractivity (Wildman–Crippen MR) is 58.5 cm³/mol. The highest BCUT2D eigenvalue weighted by Crippen LogP contribution is 2.22. The Balaban J connectivity index is 2.74. The van der Waals surface area contributed by atoms with Crippen LogP contribution in [0.5, 0.6) is 5.75 Å². The molecular formula is C10H11BrO4. The summed E-state index contributed by atoms with van der Waals surface area (Å²) in [7, 11) is 1.58. The van der Waals surface area contributed by atoms with Crippen molar-refractivity contribution in [1.82, 2.24) is 0 Å². The number of carbonyl (C=O) groups is 1. The number of ether oxygens (including phenoxy) is 2. The van der Waals surface area contributed by atoms with Crippen LogP contribution in [0.2, 0.25) is 0 Å². The summed E-state index contributed by atoms with van der Waals surface area (Å²) in [6.45, 7) is 0.871. The smallest absolute Gasteiger partial charge is 0.336 e. The van der Waals surface area contributed by atoms with Gasteiger partial charge in [-0.05, 0) is 34.1 Å². The van der Waals surface area contributed by atoms with E-state index in [1.807, 2.05) is 0 Å². The summed E-state index contributed by atoms with van der Waals surface area (Å²) in [5.41, 5.74) is 0.185. The van der Waals surface area contributed by atoms with Gasteiger partial charge in [0.1, 0.15) is 12.4 Å². The summed E-state index contributed by atoms with van der Waals surface area (Å²) in [5, 5.41) is 8.85. The quantitative estimate of drug-likeness (QED) is 0.837. The lowest BCUT2D eigenvalue weighted by Gasteiger charge is -2.07. The third-order valence-corrected chi connectivity index (χ3v) is 2.42. The molecule has 0 aromatic heterocycles. The number of methoxy groups -OCH3 is 1. The van der Waals surface area contributed by atoms with Gasteiger partial charge in [-0.3, -0.25) is 0 Å². The van der Waals surface area contributed by atoms with Gasteiger partial charge in [0.25, 0.3) is 0 Å². The molecule has 0 spiro atoms. The van der Waals surface area contributed by atoms with Crippen LogP contribution in [0.25, 0.3) is 0 Å². The highest BCUT2D eigenvalue weighted by Gasteiger charge is 2.09. The number of aromatic carboxylic acids is 1. The minimum atomic E-state index is -0.987. The van der Waals surface area contributed by atoms with Gasteiger partial charge < -0.3 is 14.6 Å². The molecule has 1 rings (SSSR count). The molecule has 0 heterocycles. The molecule has 0 aliphatic heterocycles. The maximum absolute atomic E-state index is 10.8. The Kier molecular flexibility index (Phi) is 4.58. The molecule has 0 bridgehead atoms. The van der Waals surface area contributed by atoms with E-state index in [9.17, 15) is 4.79 Å². The lowest BCUT2D eigenvalue weighted by atomic mass is 10.2. The van der Waals surface area contributed by atoms with E-state index in [-0.39, 0.29) is 5.56 Å². The number of benzene rings is 1. The summed E-state index contributed by atoms with van der Waals surface area (Å²) in [6.07, 6.45) is 0. The second kappa shape index (κ2) is 5.72. The fourth-order valence-electron chi connectivity index (χ4n) is 1.00. The van der Waals surface area contributed by atoms with Gasteiger partial charge in [-0.2, -0.15) is 0 Å².